The van der Waals surface area contributed by atoms with Crippen LogP contribution in [-0.2, 0) is 6.54 Å². The largest absolute Gasteiger partial charge is 0.310 e. The van der Waals surface area contributed by atoms with E-state index in [1.165, 1.54) is 12.1 Å². The molecule has 20 heavy (non-hydrogen) atoms. The van der Waals surface area contributed by atoms with Gasteiger partial charge in [0.05, 0.1) is 5.56 Å². The summed E-state index contributed by atoms with van der Waals surface area (Å²) in [5, 5.41) is 3.29. The molecule has 0 unspecified atom stereocenters. The van der Waals surface area contributed by atoms with Crippen LogP contribution in [0, 0.1) is 18.6 Å². The first kappa shape index (κ1) is 14.7. The highest BCUT2D eigenvalue weighted by atomic mass is 19.1. The average molecular weight is 275 g/mol. The van der Waals surface area contributed by atoms with Gasteiger partial charge in [-0.15, -0.1) is 0 Å². The molecular formula is C17H19F2N. The van der Waals surface area contributed by atoms with Gasteiger partial charge in [0.1, 0.15) is 11.6 Å². The molecule has 106 valence electrons. The molecule has 1 N–H and O–H groups in total. The van der Waals surface area contributed by atoms with E-state index in [4.69, 9.17) is 0 Å². The first-order chi connectivity index (χ1) is 9.49. The Bertz CT molecular complexity index is 606. The fourth-order valence-electron chi connectivity index (χ4n) is 2.08. The zero-order valence-corrected chi connectivity index (χ0v) is 12.0. The maximum Gasteiger partial charge on any atom is 0.136 e. The number of benzene rings is 2. The highest BCUT2D eigenvalue weighted by Crippen LogP contribution is 2.28. The average Bonchev–Trinajstić information content (AvgIpc) is 2.42. The zero-order valence-electron chi connectivity index (χ0n) is 12.0. The fraction of sp³-hybridized carbons (Fsp3) is 0.294. The maximum absolute atomic E-state index is 14.1. The van der Waals surface area contributed by atoms with Crippen molar-refractivity contribution in [2.75, 3.05) is 0 Å². The van der Waals surface area contributed by atoms with E-state index in [-0.39, 0.29) is 5.56 Å². The molecule has 2 aromatic rings. The van der Waals surface area contributed by atoms with Crippen molar-refractivity contribution >= 4 is 0 Å². The van der Waals surface area contributed by atoms with Gasteiger partial charge in [0, 0.05) is 12.6 Å². The zero-order chi connectivity index (χ0) is 14.7. The number of hydrogen-bond donors (Lipinski definition) is 1. The van der Waals surface area contributed by atoms with Gasteiger partial charge in [0.2, 0.25) is 0 Å². The summed E-state index contributed by atoms with van der Waals surface area (Å²) >= 11 is 0. The molecule has 0 aliphatic rings. The second kappa shape index (κ2) is 6.14. The molecule has 0 aromatic heterocycles. The smallest absolute Gasteiger partial charge is 0.136 e. The molecule has 0 heterocycles. The number of hydrogen-bond acceptors (Lipinski definition) is 1. The maximum atomic E-state index is 14.1. The van der Waals surface area contributed by atoms with Crippen LogP contribution in [0.5, 0.6) is 0 Å². The molecule has 0 amide bonds. The number of halogens is 2. The van der Waals surface area contributed by atoms with E-state index in [9.17, 15) is 8.78 Å². The van der Waals surface area contributed by atoms with Crippen molar-refractivity contribution in [3.05, 3.63) is 59.2 Å². The molecule has 0 bridgehead atoms. The molecule has 0 spiro atoms. The Kier molecular flexibility index (Phi) is 4.50. The summed E-state index contributed by atoms with van der Waals surface area (Å²) in [6.45, 7) is 6.44. The molecule has 0 aliphatic heterocycles. The van der Waals surface area contributed by atoms with E-state index < -0.39 is 11.6 Å². The van der Waals surface area contributed by atoms with Crippen molar-refractivity contribution in [2.24, 2.45) is 0 Å². The van der Waals surface area contributed by atoms with Crippen LogP contribution >= 0.6 is 0 Å². The number of rotatable bonds is 4. The van der Waals surface area contributed by atoms with Crippen LogP contribution in [0.4, 0.5) is 8.78 Å². The summed E-state index contributed by atoms with van der Waals surface area (Å²) in [7, 11) is 0. The first-order valence-electron chi connectivity index (χ1n) is 6.76. The normalized spacial score (nSPS) is 11.1. The van der Waals surface area contributed by atoms with Gasteiger partial charge < -0.3 is 5.32 Å². The Hall–Kier alpha value is -1.74. The van der Waals surface area contributed by atoms with Crippen LogP contribution in [0.25, 0.3) is 11.1 Å². The third-order valence-electron chi connectivity index (χ3n) is 3.21. The Balaban J connectivity index is 2.39. The molecule has 2 aromatic carbocycles. The molecule has 1 nitrogen and oxygen atoms in total. The van der Waals surface area contributed by atoms with Crippen LogP contribution in [-0.4, -0.2) is 6.04 Å². The van der Waals surface area contributed by atoms with Crippen LogP contribution in [0.2, 0.25) is 0 Å². The quantitative estimate of drug-likeness (QED) is 0.870. The van der Waals surface area contributed by atoms with E-state index in [0.29, 0.717) is 23.7 Å². The van der Waals surface area contributed by atoms with Crippen LogP contribution in [0.15, 0.2) is 36.4 Å². The lowest BCUT2D eigenvalue weighted by molar-refractivity contribution is 0.582. The van der Waals surface area contributed by atoms with Gasteiger partial charge in [-0.2, -0.15) is 0 Å². The van der Waals surface area contributed by atoms with E-state index in [1.54, 1.807) is 13.0 Å². The second-order valence-corrected chi connectivity index (χ2v) is 5.29. The standard InChI is InChI=1S/C17H19F2N/c1-11(2)20-10-13-5-4-6-14(9-13)16-15(18)8-7-12(3)17(16)19/h4-9,11,20H,10H2,1-3H3. The summed E-state index contributed by atoms with van der Waals surface area (Å²) in [6, 6.07) is 10.5. The summed E-state index contributed by atoms with van der Waals surface area (Å²) in [5.74, 6) is -1.01. The Labute approximate surface area is 118 Å². The topological polar surface area (TPSA) is 12.0 Å². The summed E-state index contributed by atoms with van der Waals surface area (Å²) in [6.07, 6.45) is 0. The molecule has 0 aliphatic carbocycles. The minimum Gasteiger partial charge on any atom is -0.310 e. The third kappa shape index (κ3) is 3.23. The van der Waals surface area contributed by atoms with Crippen molar-refractivity contribution in [3.63, 3.8) is 0 Å². The van der Waals surface area contributed by atoms with E-state index in [2.05, 4.69) is 19.2 Å². The van der Waals surface area contributed by atoms with E-state index in [0.717, 1.165) is 5.56 Å². The summed E-state index contributed by atoms with van der Waals surface area (Å²) in [4.78, 5) is 0. The third-order valence-corrected chi connectivity index (χ3v) is 3.21. The number of nitrogens with one attached hydrogen (secondary N) is 1. The van der Waals surface area contributed by atoms with Gasteiger partial charge in [-0.1, -0.05) is 38.1 Å². The Morgan fingerprint density at radius 3 is 2.55 bits per heavy atom. The molecule has 0 fully saturated rings. The van der Waals surface area contributed by atoms with Crippen molar-refractivity contribution in [1.29, 1.82) is 0 Å². The van der Waals surface area contributed by atoms with Crippen LogP contribution in [0.3, 0.4) is 0 Å². The SMILES string of the molecule is Cc1ccc(F)c(-c2cccc(CNC(C)C)c2)c1F. The monoisotopic (exact) mass is 275 g/mol. The molecule has 3 heteroatoms. The molecule has 0 saturated carbocycles. The fourth-order valence-corrected chi connectivity index (χ4v) is 2.08. The summed E-state index contributed by atoms with van der Waals surface area (Å²) < 4.78 is 28.0. The molecule has 0 atom stereocenters. The molecular weight excluding hydrogens is 256 g/mol. The summed E-state index contributed by atoms with van der Waals surface area (Å²) in [5.41, 5.74) is 2.09. The van der Waals surface area contributed by atoms with E-state index in [1.807, 2.05) is 18.2 Å². The van der Waals surface area contributed by atoms with Crippen LogP contribution < -0.4 is 5.32 Å². The van der Waals surface area contributed by atoms with E-state index >= 15 is 0 Å². The lowest BCUT2D eigenvalue weighted by Gasteiger charge is -2.11. The minimum absolute atomic E-state index is 0.0522. The van der Waals surface area contributed by atoms with Gasteiger partial charge in [0.25, 0.3) is 0 Å². The predicted molar refractivity (Wildman–Crippen MR) is 78.5 cm³/mol. The minimum atomic E-state index is -0.526. The highest BCUT2D eigenvalue weighted by Gasteiger charge is 2.13. The second-order valence-electron chi connectivity index (χ2n) is 5.29. The highest BCUT2D eigenvalue weighted by molar-refractivity contribution is 5.66. The van der Waals surface area contributed by atoms with Gasteiger partial charge in [-0.3, -0.25) is 0 Å². The van der Waals surface area contributed by atoms with Crippen LogP contribution in [0.1, 0.15) is 25.0 Å². The van der Waals surface area contributed by atoms with Crippen molar-refractivity contribution < 1.29 is 8.78 Å². The Morgan fingerprint density at radius 1 is 1.10 bits per heavy atom. The Morgan fingerprint density at radius 2 is 1.85 bits per heavy atom. The van der Waals surface area contributed by atoms with Gasteiger partial charge in [0.15, 0.2) is 0 Å². The van der Waals surface area contributed by atoms with Crippen molar-refractivity contribution in [3.8, 4) is 11.1 Å². The molecule has 0 saturated heterocycles. The lowest BCUT2D eigenvalue weighted by Crippen LogP contribution is -2.21. The van der Waals surface area contributed by atoms with Gasteiger partial charge >= 0.3 is 0 Å². The van der Waals surface area contributed by atoms with Gasteiger partial charge in [-0.25, -0.2) is 8.78 Å². The first-order valence-corrected chi connectivity index (χ1v) is 6.76. The van der Waals surface area contributed by atoms with Gasteiger partial charge in [-0.05, 0) is 35.7 Å². The molecule has 0 radical (unpaired) electrons. The van der Waals surface area contributed by atoms with Crippen molar-refractivity contribution in [2.45, 2.75) is 33.4 Å². The molecule has 2 rings (SSSR count). The lowest BCUT2D eigenvalue weighted by atomic mass is 10.00. The van der Waals surface area contributed by atoms with Crippen molar-refractivity contribution in [1.82, 2.24) is 5.32 Å². The predicted octanol–water partition coefficient (Wildman–Crippen LogP) is 4.44. The number of aryl methyl sites for hydroxylation is 1.